The van der Waals surface area contributed by atoms with Crippen molar-refractivity contribution in [3.05, 3.63) is 29.3 Å². The molecule has 0 aliphatic carbocycles. The van der Waals surface area contributed by atoms with Crippen LogP contribution >= 0.6 is 0 Å². The summed E-state index contributed by atoms with van der Waals surface area (Å²) in [6.45, 7) is 1.49. The number of benzene rings is 1. The van der Waals surface area contributed by atoms with E-state index in [9.17, 15) is 18.0 Å². The van der Waals surface area contributed by atoms with Gasteiger partial charge in [0.15, 0.2) is 0 Å². The Morgan fingerprint density at radius 1 is 1.32 bits per heavy atom. The van der Waals surface area contributed by atoms with Crippen LogP contribution in [-0.4, -0.2) is 36.6 Å². The third kappa shape index (κ3) is 4.07. The largest absolute Gasteiger partial charge is 1.00 e. The maximum atomic E-state index is 11.5. The van der Waals surface area contributed by atoms with Gasteiger partial charge in [-0.15, -0.1) is 0 Å². The molecule has 0 atom stereocenters. The first-order valence-corrected chi connectivity index (χ1v) is 6.24. The molecule has 0 radical (unpaired) electrons. The molecule has 0 aliphatic rings. The number of esters is 1. The van der Waals surface area contributed by atoms with Crippen LogP contribution in [0.2, 0.25) is 0 Å². The zero-order chi connectivity index (χ0) is 13.9. The maximum Gasteiger partial charge on any atom is 1.00 e. The summed E-state index contributed by atoms with van der Waals surface area (Å²) in [6, 6.07) is 3.21. The number of rotatable bonds is 4. The molecule has 0 spiro atoms. The Balaban J connectivity index is 0. The number of carbonyl (C=O) groups excluding carboxylic acids is 1. The molecule has 0 amide bonds. The minimum absolute atomic E-state index is 0. The predicted octanol–water partition coefficient (Wildman–Crippen LogP) is -2.08. The average molecular weight is 282 g/mol. The van der Waals surface area contributed by atoms with Crippen molar-refractivity contribution in [2.24, 2.45) is 0 Å². The van der Waals surface area contributed by atoms with Crippen LogP contribution in [0.4, 0.5) is 0 Å². The standard InChI is InChI=1S/C10H10O7S.Li.H/c1-2-17-10(13)7-5-3-4-6(9(11)12)8(7)18(14,15)16;;/h3-5H,2H2,1H3,(H,11,12)(H,14,15,16);;/q;+1;-1. The molecular formula is C10H11LiO7S. The van der Waals surface area contributed by atoms with Gasteiger partial charge < -0.3 is 11.3 Å². The topological polar surface area (TPSA) is 118 Å². The minimum atomic E-state index is -4.85. The van der Waals surface area contributed by atoms with Crippen molar-refractivity contribution in [3.8, 4) is 0 Å². The SMILES string of the molecule is CCOC(=O)c1cccc(C(=O)O)c1S(=O)(=O)O.[H-].[Li+]. The average Bonchev–Trinajstić information content (AvgIpc) is 2.27. The fourth-order valence-electron chi connectivity index (χ4n) is 1.35. The first kappa shape index (κ1) is 17.7. The zero-order valence-corrected chi connectivity index (χ0v) is 11.1. The number of hydrogen-bond acceptors (Lipinski definition) is 5. The summed E-state index contributed by atoms with van der Waals surface area (Å²) in [5, 5.41) is 8.84. The Morgan fingerprint density at radius 3 is 2.26 bits per heavy atom. The summed E-state index contributed by atoms with van der Waals surface area (Å²) in [5.41, 5.74) is -1.21. The van der Waals surface area contributed by atoms with Crippen molar-refractivity contribution in [3.63, 3.8) is 0 Å². The summed E-state index contributed by atoms with van der Waals surface area (Å²) in [7, 11) is -4.85. The van der Waals surface area contributed by atoms with Gasteiger partial charge in [-0.05, 0) is 19.1 Å². The first-order valence-electron chi connectivity index (χ1n) is 4.80. The van der Waals surface area contributed by atoms with Crippen molar-refractivity contribution in [2.45, 2.75) is 11.8 Å². The third-order valence-corrected chi connectivity index (χ3v) is 2.95. The van der Waals surface area contributed by atoms with Crippen LogP contribution in [0.3, 0.4) is 0 Å². The van der Waals surface area contributed by atoms with E-state index in [1.54, 1.807) is 0 Å². The Kier molecular flexibility index (Phi) is 6.25. The molecular weight excluding hydrogens is 271 g/mol. The fourth-order valence-corrected chi connectivity index (χ4v) is 2.22. The molecule has 0 fully saturated rings. The van der Waals surface area contributed by atoms with E-state index in [1.165, 1.54) is 13.0 Å². The van der Waals surface area contributed by atoms with Gasteiger partial charge in [-0.1, -0.05) is 6.07 Å². The van der Waals surface area contributed by atoms with E-state index in [2.05, 4.69) is 4.74 Å². The summed E-state index contributed by atoms with van der Waals surface area (Å²) < 4.78 is 36.0. The van der Waals surface area contributed by atoms with Crippen LogP contribution in [-0.2, 0) is 14.9 Å². The molecule has 2 N–H and O–H groups in total. The van der Waals surface area contributed by atoms with Gasteiger partial charge in [0.25, 0.3) is 10.1 Å². The Hall–Kier alpha value is -1.33. The normalized spacial score (nSPS) is 10.4. The second kappa shape index (κ2) is 6.72. The van der Waals surface area contributed by atoms with E-state index in [4.69, 9.17) is 9.66 Å². The molecule has 0 heterocycles. The van der Waals surface area contributed by atoms with Crippen LogP contribution in [0.1, 0.15) is 29.1 Å². The van der Waals surface area contributed by atoms with Crippen molar-refractivity contribution in [1.82, 2.24) is 0 Å². The molecule has 1 aromatic rings. The third-order valence-electron chi connectivity index (χ3n) is 2.00. The summed E-state index contributed by atoms with van der Waals surface area (Å²) >= 11 is 0. The van der Waals surface area contributed by atoms with E-state index in [0.717, 1.165) is 12.1 Å². The van der Waals surface area contributed by atoms with Gasteiger partial charge in [-0.2, -0.15) is 8.42 Å². The van der Waals surface area contributed by atoms with Crippen molar-refractivity contribution in [2.75, 3.05) is 6.61 Å². The smallest absolute Gasteiger partial charge is 1.00 e. The molecule has 1 aromatic carbocycles. The van der Waals surface area contributed by atoms with E-state index >= 15 is 0 Å². The Labute approximate surface area is 123 Å². The molecule has 0 aromatic heterocycles. The number of carboxylic acids is 1. The van der Waals surface area contributed by atoms with Crippen molar-refractivity contribution < 1.29 is 52.7 Å². The molecule has 0 bridgehead atoms. The van der Waals surface area contributed by atoms with Crippen molar-refractivity contribution >= 4 is 22.1 Å². The summed E-state index contributed by atoms with van der Waals surface area (Å²) in [6.07, 6.45) is 0. The number of ether oxygens (including phenoxy) is 1. The van der Waals surface area contributed by atoms with E-state index in [0.29, 0.717) is 0 Å². The molecule has 0 saturated carbocycles. The summed E-state index contributed by atoms with van der Waals surface area (Å²) in [5.74, 6) is -2.60. The van der Waals surface area contributed by atoms with Gasteiger partial charge in [0, 0.05) is 0 Å². The first-order chi connectivity index (χ1) is 8.29. The molecule has 1 rings (SSSR count). The molecule has 0 unspecified atom stereocenters. The van der Waals surface area contributed by atoms with Crippen LogP contribution in [0.25, 0.3) is 0 Å². The van der Waals surface area contributed by atoms with Crippen LogP contribution in [0.5, 0.6) is 0 Å². The van der Waals surface area contributed by atoms with Crippen molar-refractivity contribution in [1.29, 1.82) is 0 Å². The second-order valence-electron chi connectivity index (χ2n) is 3.18. The van der Waals surface area contributed by atoms with Gasteiger partial charge in [0.1, 0.15) is 4.90 Å². The van der Waals surface area contributed by atoms with Gasteiger partial charge in [-0.3, -0.25) is 4.55 Å². The molecule has 9 heteroatoms. The molecule has 0 aliphatic heterocycles. The number of carbonyl (C=O) groups is 2. The van der Waals surface area contributed by atoms with Gasteiger partial charge in [0.2, 0.25) is 0 Å². The van der Waals surface area contributed by atoms with E-state index < -0.39 is 38.1 Å². The van der Waals surface area contributed by atoms with Gasteiger partial charge in [-0.25, -0.2) is 9.59 Å². The van der Waals surface area contributed by atoms with E-state index in [-0.39, 0.29) is 26.9 Å². The molecule has 19 heavy (non-hydrogen) atoms. The van der Waals surface area contributed by atoms with Crippen LogP contribution in [0, 0.1) is 0 Å². The second-order valence-corrected chi connectivity index (χ2v) is 4.54. The Bertz CT molecular complexity index is 600. The number of carboxylic acid groups (broad SMARTS) is 1. The summed E-state index contributed by atoms with van der Waals surface area (Å²) in [4.78, 5) is 21.4. The number of aromatic carboxylic acids is 1. The molecule has 0 saturated heterocycles. The molecule has 7 nitrogen and oxygen atoms in total. The fraction of sp³-hybridized carbons (Fsp3) is 0.200. The van der Waals surface area contributed by atoms with Gasteiger partial charge >= 0.3 is 30.8 Å². The maximum absolute atomic E-state index is 11.5. The van der Waals surface area contributed by atoms with Gasteiger partial charge in [0.05, 0.1) is 17.7 Å². The molecule has 100 valence electrons. The monoisotopic (exact) mass is 282 g/mol. The Morgan fingerprint density at radius 2 is 1.84 bits per heavy atom. The van der Waals surface area contributed by atoms with Crippen LogP contribution in [0.15, 0.2) is 23.1 Å². The van der Waals surface area contributed by atoms with E-state index in [1.807, 2.05) is 0 Å². The predicted molar refractivity (Wildman–Crippen MR) is 60.3 cm³/mol. The van der Waals surface area contributed by atoms with Crippen LogP contribution < -0.4 is 18.9 Å². The minimum Gasteiger partial charge on any atom is -1.00 e. The number of hydrogen-bond donors (Lipinski definition) is 2. The zero-order valence-electron chi connectivity index (χ0n) is 11.3. The quantitative estimate of drug-likeness (QED) is 0.370.